The highest BCUT2D eigenvalue weighted by atomic mass is 16.1. The van der Waals surface area contributed by atoms with Crippen molar-refractivity contribution in [3.8, 4) is 6.07 Å². The first-order valence-electron chi connectivity index (χ1n) is 7.02. The van der Waals surface area contributed by atoms with Crippen LogP contribution in [0.3, 0.4) is 0 Å². The average Bonchev–Trinajstić information content (AvgIpc) is 2.47. The van der Waals surface area contributed by atoms with Crippen molar-refractivity contribution in [1.82, 2.24) is 5.32 Å². The van der Waals surface area contributed by atoms with E-state index in [0.717, 1.165) is 31.6 Å². The number of carbonyl (C=O) groups excluding carboxylic acids is 1. The number of rotatable bonds is 1. The zero-order valence-electron chi connectivity index (χ0n) is 11.3. The van der Waals surface area contributed by atoms with E-state index in [1.165, 1.54) is 0 Å². The van der Waals surface area contributed by atoms with E-state index in [1.807, 2.05) is 12.1 Å². The highest BCUT2D eigenvalue weighted by Crippen LogP contribution is 2.32. The van der Waals surface area contributed by atoms with Crippen molar-refractivity contribution in [3.63, 3.8) is 0 Å². The van der Waals surface area contributed by atoms with Gasteiger partial charge in [0.05, 0.1) is 16.9 Å². The first kappa shape index (κ1) is 12.8. The molecule has 3 rings (SSSR count). The summed E-state index contributed by atoms with van der Waals surface area (Å²) in [6, 6.07) is 8.01. The summed E-state index contributed by atoms with van der Waals surface area (Å²) in [7, 11) is 0. The molecule has 0 bridgehead atoms. The summed E-state index contributed by atoms with van der Waals surface area (Å²) >= 11 is 0. The van der Waals surface area contributed by atoms with Crippen LogP contribution in [0.4, 0.5) is 11.4 Å². The molecule has 5 nitrogen and oxygen atoms in total. The van der Waals surface area contributed by atoms with Gasteiger partial charge in [-0.3, -0.25) is 4.79 Å². The molecule has 2 atom stereocenters. The Kier molecular flexibility index (Phi) is 3.23. The first-order valence-corrected chi connectivity index (χ1v) is 7.02. The number of nitrogens with zero attached hydrogens (tertiary/aromatic N) is 2. The maximum Gasteiger partial charge on any atom is 0.220 e. The molecule has 1 aromatic rings. The van der Waals surface area contributed by atoms with Crippen LogP contribution in [0.15, 0.2) is 18.2 Å². The second-order valence-corrected chi connectivity index (χ2v) is 5.56. The Morgan fingerprint density at radius 3 is 3.05 bits per heavy atom. The number of piperidine rings is 2. The van der Waals surface area contributed by atoms with Gasteiger partial charge in [-0.1, -0.05) is 6.07 Å². The third kappa shape index (κ3) is 2.18. The molecule has 0 aliphatic carbocycles. The van der Waals surface area contributed by atoms with E-state index >= 15 is 0 Å². The molecule has 2 heterocycles. The number of fused-ring (bicyclic) bond motifs is 1. The van der Waals surface area contributed by atoms with Crippen molar-refractivity contribution in [2.45, 2.75) is 25.3 Å². The van der Waals surface area contributed by atoms with Crippen LogP contribution >= 0.6 is 0 Å². The average molecular weight is 270 g/mol. The fourth-order valence-corrected chi connectivity index (χ4v) is 3.26. The van der Waals surface area contributed by atoms with Crippen LogP contribution in [0.5, 0.6) is 0 Å². The fourth-order valence-electron chi connectivity index (χ4n) is 3.26. The minimum Gasteiger partial charge on any atom is -0.396 e. The third-order valence-corrected chi connectivity index (χ3v) is 4.37. The van der Waals surface area contributed by atoms with Gasteiger partial charge in [-0.05, 0) is 30.9 Å². The van der Waals surface area contributed by atoms with Gasteiger partial charge in [0.25, 0.3) is 0 Å². The lowest BCUT2D eigenvalue weighted by Crippen LogP contribution is -2.54. The second-order valence-electron chi connectivity index (χ2n) is 5.56. The number of nitriles is 1. The quantitative estimate of drug-likeness (QED) is 0.752. The van der Waals surface area contributed by atoms with Gasteiger partial charge < -0.3 is 16.0 Å². The number of hydrogen-bond donors (Lipinski definition) is 2. The van der Waals surface area contributed by atoms with Gasteiger partial charge in [-0.25, -0.2) is 0 Å². The minimum absolute atomic E-state index is 0.172. The lowest BCUT2D eigenvalue weighted by Gasteiger charge is -2.42. The molecule has 1 amide bonds. The Balaban J connectivity index is 1.80. The van der Waals surface area contributed by atoms with Crippen LogP contribution in [-0.4, -0.2) is 25.0 Å². The van der Waals surface area contributed by atoms with E-state index in [0.29, 0.717) is 29.6 Å². The molecular formula is C15H18N4O. The largest absolute Gasteiger partial charge is 0.396 e. The van der Waals surface area contributed by atoms with Gasteiger partial charge >= 0.3 is 0 Å². The first-order chi connectivity index (χ1) is 9.69. The van der Waals surface area contributed by atoms with Gasteiger partial charge in [-0.15, -0.1) is 0 Å². The standard InChI is InChI=1S/C15H18N4O/c16-8-10-2-1-3-13(15(10)17)19-7-6-12-11(9-19)4-5-14(20)18-12/h1-3,11-12H,4-7,9,17H2,(H,18,20). The Morgan fingerprint density at radius 2 is 2.25 bits per heavy atom. The van der Waals surface area contributed by atoms with E-state index in [-0.39, 0.29) is 5.91 Å². The number of carbonyl (C=O) groups is 1. The summed E-state index contributed by atoms with van der Waals surface area (Å²) in [4.78, 5) is 13.7. The van der Waals surface area contributed by atoms with Crippen LogP contribution in [0.2, 0.25) is 0 Å². The van der Waals surface area contributed by atoms with Crippen molar-refractivity contribution >= 4 is 17.3 Å². The van der Waals surface area contributed by atoms with Gasteiger partial charge in [0, 0.05) is 25.6 Å². The zero-order chi connectivity index (χ0) is 14.1. The Bertz CT molecular complexity index is 578. The predicted octanol–water partition coefficient (Wildman–Crippen LogP) is 1.25. The molecule has 2 unspecified atom stereocenters. The number of hydrogen-bond acceptors (Lipinski definition) is 4. The number of amides is 1. The molecule has 2 aliphatic rings. The van der Waals surface area contributed by atoms with E-state index in [1.54, 1.807) is 6.07 Å². The summed E-state index contributed by atoms with van der Waals surface area (Å²) < 4.78 is 0. The Labute approximate surface area is 118 Å². The maximum atomic E-state index is 11.4. The lowest BCUT2D eigenvalue weighted by molar-refractivity contribution is -0.124. The van der Waals surface area contributed by atoms with Gasteiger partial charge in [0.2, 0.25) is 5.91 Å². The molecule has 0 radical (unpaired) electrons. The number of nitrogens with one attached hydrogen (secondary N) is 1. The zero-order valence-corrected chi connectivity index (χ0v) is 11.3. The molecule has 2 saturated heterocycles. The molecular weight excluding hydrogens is 252 g/mol. The minimum atomic E-state index is 0.172. The van der Waals surface area contributed by atoms with Crippen LogP contribution < -0.4 is 16.0 Å². The third-order valence-electron chi connectivity index (χ3n) is 4.37. The van der Waals surface area contributed by atoms with Crippen molar-refractivity contribution in [2.24, 2.45) is 5.92 Å². The van der Waals surface area contributed by atoms with Crippen LogP contribution in [-0.2, 0) is 4.79 Å². The number of benzene rings is 1. The monoisotopic (exact) mass is 270 g/mol. The van der Waals surface area contributed by atoms with Crippen LogP contribution in [0.25, 0.3) is 0 Å². The van der Waals surface area contributed by atoms with Crippen LogP contribution in [0.1, 0.15) is 24.8 Å². The van der Waals surface area contributed by atoms with Gasteiger partial charge in [0.15, 0.2) is 0 Å². The van der Waals surface area contributed by atoms with E-state index in [2.05, 4.69) is 16.3 Å². The molecule has 2 fully saturated rings. The number of nitrogen functional groups attached to an aromatic ring is 1. The van der Waals surface area contributed by atoms with Gasteiger partial charge in [-0.2, -0.15) is 5.26 Å². The fraction of sp³-hybridized carbons (Fsp3) is 0.467. The summed E-state index contributed by atoms with van der Waals surface area (Å²) in [5, 5.41) is 12.1. The summed E-state index contributed by atoms with van der Waals surface area (Å²) in [5.74, 6) is 0.650. The van der Waals surface area contributed by atoms with E-state index in [9.17, 15) is 4.79 Å². The van der Waals surface area contributed by atoms with Crippen molar-refractivity contribution < 1.29 is 4.79 Å². The number of para-hydroxylation sites is 1. The molecule has 20 heavy (non-hydrogen) atoms. The Hall–Kier alpha value is -2.22. The molecule has 1 aromatic carbocycles. The smallest absolute Gasteiger partial charge is 0.220 e. The number of anilines is 2. The summed E-state index contributed by atoms with van der Waals surface area (Å²) in [6.07, 6.45) is 2.49. The number of nitrogens with two attached hydrogens (primary N) is 1. The van der Waals surface area contributed by atoms with E-state index < -0.39 is 0 Å². The highest BCUT2D eigenvalue weighted by molar-refractivity contribution is 5.77. The molecule has 0 spiro atoms. The highest BCUT2D eigenvalue weighted by Gasteiger charge is 2.34. The van der Waals surface area contributed by atoms with Crippen LogP contribution in [0, 0.1) is 17.2 Å². The predicted molar refractivity (Wildman–Crippen MR) is 77.1 cm³/mol. The maximum absolute atomic E-state index is 11.4. The molecule has 5 heteroatoms. The molecule has 0 saturated carbocycles. The molecule has 2 aliphatic heterocycles. The second kappa shape index (κ2) is 5.04. The molecule has 3 N–H and O–H groups in total. The van der Waals surface area contributed by atoms with Crippen molar-refractivity contribution in [1.29, 1.82) is 5.26 Å². The normalized spacial score (nSPS) is 25.6. The topological polar surface area (TPSA) is 82.2 Å². The van der Waals surface area contributed by atoms with E-state index in [4.69, 9.17) is 11.0 Å². The lowest BCUT2D eigenvalue weighted by atomic mass is 9.85. The Morgan fingerprint density at radius 1 is 1.40 bits per heavy atom. The van der Waals surface area contributed by atoms with Crippen molar-refractivity contribution in [3.05, 3.63) is 23.8 Å². The van der Waals surface area contributed by atoms with Gasteiger partial charge in [0.1, 0.15) is 6.07 Å². The summed E-state index contributed by atoms with van der Waals surface area (Å²) in [5.41, 5.74) is 8.12. The summed E-state index contributed by atoms with van der Waals surface area (Å²) in [6.45, 7) is 1.75. The molecule has 0 aromatic heterocycles. The molecule has 104 valence electrons. The van der Waals surface area contributed by atoms with Crippen molar-refractivity contribution in [2.75, 3.05) is 23.7 Å². The SMILES string of the molecule is N#Cc1cccc(N2CCC3NC(=O)CCC3C2)c1N.